The van der Waals surface area contributed by atoms with Crippen LogP contribution < -0.4 is 15.4 Å². The molecule has 1 fully saturated rings. The maximum absolute atomic E-state index is 13.6. The molecule has 2 aromatic heterocycles. The van der Waals surface area contributed by atoms with Crippen molar-refractivity contribution in [3.8, 4) is 5.75 Å². The van der Waals surface area contributed by atoms with Crippen LogP contribution in [0.25, 0.3) is 10.9 Å². The molecule has 0 spiro atoms. The van der Waals surface area contributed by atoms with Gasteiger partial charge in [-0.05, 0) is 62.6 Å². The fraction of sp³-hybridized carbons (Fsp3) is 0.500. The molecule has 0 saturated carbocycles. The van der Waals surface area contributed by atoms with Crippen molar-refractivity contribution in [3.63, 3.8) is 0 Å². The highest BCUT2D eigenvalue weighted by molar-refractivity contribution is 5.93. The van der Waals surface area contributed by atoms with E-state index >= 15 is 0 Å². The lowest BCUT2D eigenvalue weighted by Crippen LogP contribution is -2.50. The molecule has 1 aromatic carbocycles. The van der Waals surface area contributed by atoms with E-state index < -0.39 is 6.04 Å². The predicted molar refractivity (Wildman–Crippen MR) is 161 cm³/mol. The molecule has 1 aliphatic heterocycles. The van der Waals surface area contributed by atoms with Crippen LogP contribution in [0, 0.1) is 6.92 Å². The van der Waals surface area contributed by atoms with E-state index in [2.05, 4.69) is 25.5 Å². The van der Waals surface area contributed by atoms with Gasteiger partial charge >= 0.3 is 0 Å². The number of nitrogens with zero attached hydrogens (tertiary/aromatic N) is 2. The third-order valence-corrected chi connectivity index (χ3v) is 7.82. The van der Waals surface area contributed by atoms with Gasteiger partial charge in [-0.15, -0.1) is 0 Å². The van der Waals surface area contributed by atoms with Gasteiger partial charge < -0.3 is 29.9 Å². The molecule has 0 aliphatic carbocycles. The lowest BCUT2D eigenvalue weighted by atomic mass is 10.0. The quantitative estimate of drug-likeness (QED) is 0.236. The summed E-state index contributed by atoms with van der Waals surface area (Å²) in [5.74, 6) is 0.433. The van der Waals surface area contributed by atoms with Gasteiger partial charge in [0.05, 0.1) is 38.5 Å². The van der Waals surface area contributed by atoms with Crippen LogP contribution in [-0.4, -0.2) is 78.5 Å². The minimum Gasteiger partial charge on any atom is -0.497 e. The zero-order valence-corrected chi connectivity index (χ0v) is 24.9. The number of aromatic amines is 1. The summed E-state index contributed by atoms with van der Waals surface area (Å²) < 4.78 is 10.9. The largest absolute Gasteiger partial charge is 0.497 e. The van der Waals surface area contributed by atoms with Crippen molar-refractivity contribution in [1.29, 1.82) is 0 Å². The summed E-state index contributed by atoms with van der Waals surface area (Å²) in [4.78, 5) is 48.4. The number of aryl methyl sites for hydroxylation is 1. The Morgan fingerprint density at radius 1 is 1.12 bits per heavy atom. The molecule has 4 rings (SSSR count). The molecule has 2 atom stereocenters. The molecule has 0 radical (unpaired) electrons. The van der Waals surface area contributed by atoms with Crippen molar-refractivity contribution in [2.75, 3.05) is 40.0 Å². The van der Waals surface area contributed by atoms with Crippen LogP contribution in [0.3, 0.4) is 0 Å². The number of carbonyl (C=O) groups excluding carboxylic acids is 3. The number of Topliss-reactive ketones (excluding diaryl/α,β-unsaturated/α-hetero) is 1. The number of nitrogens with one attached hydrogen (secondary N) is 3. The molecule has 2 amide bonds. The molecule has 1 unspecified atom stereocenters. The monoisotopic (exact) mass is 577 g/mol. The Morgan fingerprint density at radius 2 is 1.93 bits per heavy atom. The molecule has 10 nitrogen and oxygen atoms in total. The van der Waals surface area contributed by atoms with Gasteiger partial charge in [-0.3, -0.25) is 19.5 Å². The molecule has 3 heterocycles. The number of carbonyl (C=O) groups is 3. The number of rotatable bonds is 15. The van der Waals surface area contributed by atoms with E-state index in [1.165, 1.54) is 0 Å². The van der Waals surface area contributed by atoms with Gasteiger partial charge in [0.1, 0.15) is 17.6 Å². The summed E-state index contributed by atoms with van der Waals surface area (Å²) in [5, 5.41) is 7.04. The fourth-order valence-corrected chi connectivity index (χ4v) is 5.49. The van der Waals surface area contributed by atoms with Crippen LogP contribution in [0.2, 0.25) is 0 Å². The number of H-pyrrole nitrogens is 1. The third kappa shape index (κ3) is 8.62. The van der Waals surface area contributed by atoms with Crippen LogP contribution >= 0.6 is 0 Å². The van der Waals surface area contributed by atoms with E-state index in [-0.39, 0.29) is 30.1 Å². The number of amides is 2. The Bertz CT molecular complexity index is 1340. The lowest BCUT2D eigenvalue weighted by Gasteiger charge is -2.34. The van der Waals surface area contributed by atoms with Gasteiger partial charge in [0.25, 0.3) is 0 Å². The molecular formula is C32H43N5O5. The molecule has 10 heteroatoms. The van der Waals surface area contributed by atoms with E-state index in [4.69, 9.17) is 9.47 Å². The SMILES string of the molecule is COc1ccc2[nH]c(C)c(CC(=O)N[C@@H](CCCCCC(C)=O)C(=O)NCC(c3ccccn3)N3CCOCC3)c2c1. The number of benzene rings is 1. The van der Waals surface area contributed by atoms with Crippen LogP contribution in [0.15, 0.2) is 42.6 Å². The summed E-state index contributed by atoms with van der Waals surface area (Å²) in [5.41, 5.74) is 3.60. The number of ether oxygens (including phenoxy) is 2. The topological polar surface area (TPSA) is 126 Å². The minimum absolute atomic E-state index is 0.102. The highest BCUT2D eigenvalue weighted by atomic mass is 16.5. The molecule has 0 bridgehead atoms. The predicted octanol–water partition coefficient (Wildman–Crippen LogP) is 3.64. The van der Waals surface area contributed by atoms with Gasteiger partial charge in [-0.25, -0.2) is 0 Å². The molecule has 3 N–H and O–H groups in total. The van der Waals surface area contributed by atoms with Crippen molar-refractivity contribution in [2.45, 2.75) is 64.5 Å². The average molecular weight is 578 g/mol. The number of morpholine rings is 1. The van der Waals surface area contributed by atoms with Gasteiger partial charge in [-0.2, -0.15) is 0 Å². The summed E-state index contributed by atoms with van der Waals surface area (Å²) in [6, 6.07) is 10.7. The normalized spacial score (nSPS) is 15.2. The van der Waals surface area contributed by atoms with E-state index in [0.717, 1.165) is 60.2 Å². The molecular weight excluding hydrogens is 534 g/mol. The van der Waals surface area contributed by atoms with E-state index in [9.17, 15) is 14.4 Å². The Kier molecular flexibility index (Phi) is 11.5. The van der Waals surface area contributed by atoms with E-state index in [1.807, 2.05) is 43.3 Å². The second kappa shape index (κ2) is 15.5. The summed E-state index contributed by atoms with van der Waals surface area (Å²) in [7, 11) is 1.62. The number of hydrogen-bond acceptors (Lipinski definition) is 7. The van der Waals surface area contributed by atoms with Crippen molar-refractivity contribution < 1.29 is 23.9 Å². The first-order valence-corrected chi connectivity index (χ1v) is 14.8. The summed E-state index contributed by atoms with van der Waals surface area (Å²) >= 11 is 0. The Hall–Kier alpha value is -3.76. The first-order valence-electron chi connectivity index (χ1n) is 14.8. The number of methoxy groups -OCH3 is 1. The zero-order valence-electron chi connectivity index (χ0n) is 24.9. The summed E-state index contributed by atoms with van der Waals surface area (Å²) in [6.45, 7) is 6.67. The van der Waals surface area contributed by atoms with Crippen LogP contribution in [0.5, 0.6) is 5.75 Å². The number of ketones is 1. The standard InChI is InChI=1S/C32H43N5O5/c1-22(38)9-5-4-6-11-29(36-31(39)20-25-23(2)35-27-13-12-24(41-3)19-26(25)27)32(40)34-21-30(28-10-7-8-14-33-28)37-15-17-42-18-16-37/h7-8,10,12-14,19,29-30,35H,4-6,9,11,15-18,20-21H2,1-3H3,(H,34,40)(H,36,39)/t29-,30?/m0/s1. The number of fused-ring (bicyclic) bond motifs is 1. The summed E-state index contributed by atoms with van der Waals surface area (Å²) in [6.07, 6.45) is 5.22. The highest BCUT2D eigenvalue weighted by Gasteiger charge is 2.27. The Labute approximate surface area is 247 Å². The molecule has 1 saturated heterocycles. The van der Waals surface area contributed by atoms with E-state index in [1.54, 1.807) is 20.2 Å². The molecule has 1 aliphatic rings. The zero-order chi connectivity index (χ0) is 29.9. The maximum atomic E-state index is 13.6. The van der Waals surface area contributed by atoms with E-state index in [0.29, 0.717) is 38.3 Å². The second-order valence-corrected chi connectivity index (χ2v) is 10.9. The maximum Gasteiger partial charge on any atom is 0.242 e. The average Bonchev–Trinajstić information content (AvgIpc) is 3.30. The molecule has 226 valence electrons. The molecule has 3 aromatic rings. The van der Waals surface area contributed by atoms with Gasteiger partial charge in [0.15, 0.2) is 0 Å². The second-order valence-electron chi connectivity index (χ2n) is 10.9. The van der Waals surface area contributed by atoms with Crippen molar-refractivity contribution in [1.82, 2.24) is 25.5 Å². The van der Waals surface area contributed by atoms with Crippen LogP contribution in [0.4, 0.5) is 0 Å². The Morgan fingerprint density at radius 3 is 2.64 bits per heavy atom. The van der Waals surface area contributed by atoms with Gasteiger partial charge in [0, 0.05) is 48.8 Å². The number of aromatic nitrogens is 2. The number of hydrogen-bond donors (Lipinski definition) is 3. The van der Waals surface area contributed by atoms with Crippen LogP contribution in [0.1, 0.15) is 62.0 Å². The first-order chi connectivity index (χ1) is 20.4. The smallest absolute Gasteiger partial charge is 0.242 e. The Balaban J connectivity index is 1.45. The van der Waals surface area contributed by atoms with Crippen molar-refractivity contribution in [2.24, 2.45) is 0 Å². The van der Waals surface area contributed by atoms with Crippen LogP contribution in [-0.2, 0) is 25.5 Å². The van der Waals surface area contributed by atoms with Crippen molar-refractivity contribution in [3.05, 3.63) is 59.5 Å². The fourth-order valence-electron chi connectivity index (χ4n) is 5.49. The first kappa shape index (κ1) is 31.2. The van der Waals surface area contributed by atoms with Gasteiger partial charge in [0.2, 0.25) is 11.8 Å². The highest BCUT2D eigenvalue weighted by Crippen LogP contribution is 2.27. The molecule has 42 heavy (non-hydrogen) atoms. The van der Waals surface area contributed by atoms with Gasteiger partial charge in [-0.1, -0.05) is 18.9 Å². The third-order valence-electron chi connectivity index (χ3n) is 7.82. The number of pyridine rings is 1. The minimum atomic E-state index is -0.691. The number of unbranched alkanes of at least 4 members (excludes halogenated alkanes) is 2. The lowest BCUT2D eigenvalue weighted by molar-refractivity contribution is -0.129. The van der Waals surface area contributed by atoms with Crippen molar-refractivity contribution >= 4 is 28.5 Å².